The van der Waals surface area contributed by atoms with Gasteiger partial charge in [0.25, 0.3) is 5.91 Å². The fourth-order valence-corrected chi connectivity index (χ4v) is 2.95. The molecule has 8 nitrogen and oxygen atoms in total. The summed E-state index contributed by atoms with van der Waals surface area (Å²) in [5.74, 6) is -0.846. The van der Waals surface area contributed by atoms with Crippen molar-refractivity contribution in [3.05, 3.63) is 59.9 Å². The lowest BCUT2D eigenvalue weighted by Gasteiger charge is -2.28. The molecular weight excluding hydrogens is 375 g/mol. The van der Waals surface area contributed by atoms with Gasteiger partial charge in [0, 0.05) is 36.7 Å². The molecule has 28 heavy (non-hydrogen) atoms. The summed E-state index contributed by atoms with van der Waals surface area (Å²) in [4.78, 5) is 22.4. The summed E-state index contributed by atoms with van der Waals surface area (Å²) in [6.45, 7) is 0.0759. The molecule has 1 N–H and O–H groups in total. The maximum absolute atomic E-state index is 12.9. The Morgan fingerprint density at radius 2 is 1.86 bits per heavy atom. The number of halogens is 3. The van der Waals surface area contributed by atoms with Crippen molar-refractivity contribution in [3.8, 4) is 0 Å². The van der Waals surface area contributed by atoms with Gasteiger partial charge in [-0.25, -0.2) is 9.97 Å². The predicted molar refractivity (Wildman–Crippen MR) is 91.5 cm³/mol. The number of alkyl halides is 3. The van der Waals surface area contributed by atoms with Crippen LogP contribution in [0.2, 0.25) is 0 Å². The Hall–Kier alpha value is -3.50. The fraction of sp³-hybridized carbons (Fsp3) is 0.235. The Morgan fingerprint density at radius 1 is 1.07 bits per heavy atom. The number of anilines is 2. The maximum Gasteiger partial charge on any atom is 0.451 e. The van der Waals surface area contributed by atoms with Crippen molar-refractivity contribution in [1.82, 2.24) is 29.6 Å². The van der Waals surface area contributed by atoms with E-state index < -0.39 is 12.0 Å². The lowest BCUT2D eigenvalue weighted by molar-refractivity contribution is -0.147. The van der Waals surface area contributed by atoms with Crippen molar-refractivity contribution in [2.75, 3.05) is 11.9 Å². The minimum atomic E-state index is -4.57. The Morgan fingerprint density at radius 3 is 2.61 bits per heavy atom. The van der Waals surface area contributed by atoms with Gasteiger partial charge >= 0.3 is 6.18 Å². The lowest BCUT2D eigenvalue weighted by atomic mass is 10.1. The molecule has 0 atom stereocenters. The molecule has 0 saturated heterocycles. The molecule has 11 heteroatoms. The number of nitrogens with zero attached hydrogens (tertiary/aromatic N) is 6. The number of rotatable bonds is 3. The standard InChI is InChI=1S/C17H14F3N7O/c18-17(19,20)15-25-24-13-10-26(7-8-27(13)15)14(28)11-3-1-4-12(9-11)23-16-21-5-2-6-22-16/h1-6,9H,7-8,10H2,(H,21,22,23). The third-order valence-corrected chi connectivity index (χ3v) is 4.23. The first-order chi connectivity index (χ1) is 13.4. The topological polar surface area (TPSA) is 88.8 Å². The van der Waals surface area contributed by atoms with Crippen LogP contribution in [0.1, 0.15) is 22.0 Å². The molecule has 1 amide bonds. The van der Waals surface area contributed by atoms with Crippen LogP contribution in [0.3, 0.4) is 0 Å². The van der Waals surface area contributed by atoms with Gasteiger partial charge in [0.05, 0.1) is 6.54 Å². The third kappa shape index (κ3) is 3.50. The van der Waals surface area contributed by atoms with E-state index in [-0.39, 0.29) is 31.4 Å². The monoisotopic (exact) mass is 389 g/mol. The van der Waals surface area contributed by atoms with Crippen LogP contribution in [0.15, 0.2) is 42.7 Å². The molecule has 0 bridgehead atoms. The zero-order chi connectivity index (χ0) is 19.7. The van der Waals surface area contributed by atoms with Gasteiger partial charge in [0.15, 0.2) is 5.82 Å². The summed E-state index contributed by atoms with van der Waals surface area (Å²) in [7, 11) is 0. The molecule has 0 spiro atoms. The average molecular weight is 389 g/mol. The smallest absolute Gasteiger partial charge is 0.329 e. The second-order valence-electron chi connectivity index (χ2n) is 6.09. The van der Waals surface area contributed by atoms with Gasteiger partial charge in [-0.15, -0.1) is 10.2 Å². The van der Waals surface area contributed by atoms with Crippen LogP contribution in [-0.4, -0.2) is 42.1 Å². The summed E-state index contributed by atoms with van der Waals surface area (Å²) < 4.78 is 39.8. The van der Waals surface area contributed by atoms with Crippen LogP contribution in [0.5, 0.6) is 0 Å². The van der Waals surface area contributed by atoms with E-state index in [9.17, 15) is 18.0 Å². The highest BCUT2D eigenvalue weighted by Gasteiger charge is 2.39. The van der Waals surface area contributed by atoms with E-state index in [1.54, 1.807) is 42.7 Å². The van der Waals surface area contributed by atoms with E-state index in [0.717, 1.165) is 4.57 Å². The van der Waals surface area contributed by atoms with Crippen LogP contribution >= 0.6 is 0 Å². The molecule has 3 heterocycles. The van der Waals surface area contributed by atoms with Crippen LogP contribution in [0, 0.1) is 0 Å². The molecule has 4 rings (SSSR count). The number of fused-ring (bicyclic) bond motifs is 1. The molecule has 3 aromatic rings. The van der Waals surface area contributed by atoms with E-state index in [2.05, 4.69) is 25.5 Å². The normalized spacial score (nSPS) is 13.9. The largest absolute Gasteiger partial charge is 0.451 e. The number of carbonyl (C=O) groups is 1. The van der Waals surface area contributed by atoms with Crippen molar-refractivity contribution in [2.45, 2.75) is 19.3 Å². The summed E-state index contributed by atoms with van der Waals surface area (Å²) in [6, 6.07) is 8.42. The summed E-state index contributed by atoms with van der Waals surface area (Å²) in [6.07, 6.45) is -1.40. The highest BCUT2D eigenvalue weighted by atomic mass is 19.4. The Kier molecular flexibility index (Phi) is 4.41. The number of carbonyl (C=O) groups excluding carboxylic acids is 1. The number of amides is 1. The first kappa shape index (κ1) is 17.9. The summed E-state index contributed by atoms with van der Waals surface area (Å²) in [5.41, 5.74) is 1.02. The van der Waals surface area contributed by atoms with Crippen molar-refractivity contribution in [1.29, 1.82) is 0 Å². The first-order valence-corrected chi connectivity index (χ1v) is 8.34. The van der Waals surface area contributed by atoms with Crippen molar-refractivity contribution < 1.29 is 18.0 Å². The maximum atomic E-state index is 12.9. The molecule has 1 aliphatic heterocycles. The van der Waals surface area contributed by atoms with Crippen LogP contribution in [0.4, 0.5) is 24.8 Å². The molecule has 2 aromatic heterocycles. The molecule has 0 fully saturated rings. The highest BCUT2D eigenvalue weighted by molar-refractivity contribution is 5.95. The zero-order valence-electron chi connectivity index (χ0n) is 14.4. The van der Waals surface area contributed by atoms with Gasteiger partial charge in [0.1, 0.15) is 0 Å². The van der Waals surface area contributed by atoms with E-state index in [1.165, 1.54) is 4.90 Å². The van der Waals surface area contributed by atoms with Crippen molar-refractivity contribution in [2.24, 2.45) is 0 Å². The molecule has 0 aliphatic carbocycles. The van der Waals surface area contributed by atoms with Gasteiger partial charge in [-0.3, -0.25) is 4.79 Å². The average Bonchev–Trinajstić information content (AvgIpc) is 3.12. The fourth-order valence-electron chi connectivity index (χ4n) is 2.95. The first-order valence-electron chi connectivity index (χ1n) is 8.34. The Balaban J connectivity index is 1.51. The predicted octanol–water partition coefficient (Wildman–Crippen LogP) is 2.49. The number of benzene rings is 1. The third-order valence-electron chi connectivity index (χ3n) is 4.23. The SMILES string of the molecule is O=C(c1cccc(Nc2ncccn2)c1)N1CCn2c(nnc2C(F)(F)F)C1. The van der Waals surface area contributed by atoms with Crippen molar-refractivity contribution >= 4 is 17.5 Å². The molecular formula is C17H14F3N7O. The number of aromatic nitrogens is 5. The zero-order valence-corrected chi connectivity index (χ0v) is 14.4. The van der Waals surface area contributed by atoms with Gasteiger partial charge in [-0.05, 0) is 24.3 Å². The minimum Gasteiger partial charge on any atom is -0.329 e. The van der Waals surface area contributed by atoms with Gasteiger partial charge in [0.2, 0.25) is 11.8 Å². The highest BCUT2D eigenvalue weighted by Crippen LogP contribution is 2.29. The van der Waals surface area contributed by atoms with Gasteiger partial charge in [-0.1, -0.05) is 6.07 Å². The number of nitrogens with one attached hydrogen (secondary N) is 1. The molecule has 0 unspecified atom stereocenters. The number of hydrogen-bond acceptors (Lipinski definition) is 6. The summed E-state index contributed by atoms with van der Waals surface area (Å²) in [5, 5.41) is 9.81. The molecule has 0 radical (unpaired) electrons. The van der Waals surface area contributed by atoms with Crippen LogP contribution in [-0.2, 0) is 19.3 Å². The van der Waals surface area contributed by atoms with Gasteiger partial charge in [-0.2, -0.15) is 13.2 Å². The Labute approximate surface area is 157 Å². The molecule has 144 valence electrons. The van der Waals surface area contributed by atoms with Crippen LogP contribution in [0.25, 0.3) is 0 Å². The summed E-state index contributed by atoms with van der Waals surface area (Å²) >= 11 is 0. The molecule has 0 saturated carbocycles. The quantitative estimate of drug-likeness (QED) is 0.740. The van der Waals surface area contributed by atoms with E-state index >= 15 is 0 Å². The van der Waals surface area contributed by atoms with Crippen molar-refractivity contribution in [3.63, 3.8) is 0 Å². The van der Waals surface area contributed by atoms with E-state index in [0.29, 0.717) is 17.2 Å². The molecule has 1 aliphatic rings. The van der Waals surface area contributed by atoms with Crippen LogP contribution < -0.4 is 5.32 Å². The number of hydrogen-bond donors (Lipinski definition) is 1. The molecule has 1 aromatic carbocycles. The lowest BCUT2D eigenvalue weighted by Crippen LogP contribution is -2.39. The second-order valence-corrected chi connectivity index (χ2v) is 6.09. The second kappa shape index (κ2) is 6.91. The van der Waals surface area contributed by atoms with Gasteiger partial charge < -0.3 is 14.8 Å². The minimum absolute atomic E-state index is 0.0152. The Bertz CT molecular complexity index is 1000. The van der Waals surface area contributed by atoms with E-state index in [1.807, 2.05) is 0 Å². The van der Waals surface area contributed by atoms with E-state index in [4.69, 9.17) is 0 Å².